The molecule has 1 amide bonds. The molecule has 0 saturated heterocycles. The van der Waals surface area contributed by atoms with Gasteiger partial charge in [0, 0.05) is 16.8 Å². The average Bonchev–Trinajstić information content (AvgIpc) is 2.40. The molecule has 0 bridgehead atoms. The lowest BCUT2D eigenvalue weighted by atomic mass is 10.1. The third-order valence-corrected chi connectivity index (χ3v) is 2.52. The maximum atomic E-state index is 13.8. The number of anilines is 1. The van der Waals surface area contributed by atoms with Crippen LogP contribution in [0.2, 0.25) is 0 Å². The normalized spacial score (nSPS) is 11.8. The van der Waals surface area contributed by atoms with Crippen molar-refractivity contribution in [2.45, 2.75) is 6.30 Å². The Morgan fingerprint density at radius 3 is 2.28 bits per heavy atom. The van der Waals surface area contributed by atoms with Crippen LogP contribution in [0.25, 0.3) is 0 Å². The molecule has 92 valence electrons. The van der Waals surface area contributed by atoms with Crippen molar-refractivity contribution in [3.05, 3.63) is 65.7 Å². The van der Waals surface area contributed by atoms with E-state index in [1.807, 2.05) is 0 Å². The number of halogens is 1. The Balaban J connectivity index is 2.06. The van der Waals surface area contributed by atoms with Gasteiger partial charge in [-0.25, -0.2) is 4.39 Å². The lowest BCUT2D eigenvalue weighted by Gasteiger charge is -2.11. The lowest BCUT2D eigenvalue weighted by Crippen LogP contribution is -2.25. The first-order chi connectivity index (χ1) is 8.66. The van der Waals surface area contributed by atoms with E-state index in [-0.39, 0.29) is 0 Å². The number of hydrogen-bond acceptors (Lipinski definition) is 2. The third kappa shape index (κ3) is 2.85. The standard InChI is InChI=1S/C14H13FN2O/c15-13(10-6-8-12(16)9-7-10)17-14(18)11-4-2-1-3-5-11/h1-9,13H,16H2,(H,17,18). The summed E-state index contributed by atoms with van der Waals surface area (Å²) in [7, 11) is 0. The van der Waals surface area contributed by atoms with Crippen LogP contribution in [-0.2, 0) is 0 Å². The molecule has 0 fully saturated rings. The zero-order chi connectivity index (χ0) is 13.0. The van der Waals surface area contributed by atoms with Crippen LogP contribution in [0, 0.1) is 0 Å². The molecule has 1 unspecified atom stereocenters. The van der Waals surface area contributed by atoms with Crippen LogP contribution in [0.3, 0.4) is 0 Å². The van der Waals surface area contributed by atoms with Gasteiger partial charge in [-0.05, 0) is 24.3 Å². The van der Waals surface area contributed by atoms with Gasteiger partial charge in [-0.3, -0.25) is 4.79 Å². The van der Waals surface area contributed by atoms with Crippen LogP contribution in [0.1, 0.15) is 22.2 Å². The zero-order valence-corrected chi connectivity index (χ0v) is 9.64. The van der Waals surface area contributed by atoms with Gasteiger partial charge in [-0.15, -0.1) is 0 Å². The van der Waals surface area contributed by atoms with Crippen molar-refractivity contribution in [2.24, 2.45) is 0 Å². The highest BCUT2D eigenvalue weighted by Gasteiger charge is 2.13. The molecule has 0 aromatic heterocycles. The van der Waals surface area contributed by atoms with E-state index in [9.17, 15) is 9.18 Å². The highest BCUT2D eigenvalue weighted by molar-refractivity contribution is 5.94. The van der Waals surface area contributed by atoms with Gasteiger partial charge in [-0.1, -0.05) is 30.3 Å². The topological polar surface area (TPSA) is 55.1 Å². The number of alkyl halides is 1. The van der Waals surface area contributed by atoms with Gasteiger partial charge in [-0.2, -0.15) is 0 Å². The second-order valence-electron chi connectivity index (χ2n) is 3.87. The molecule has 3 N–H and O–H groups in total. The molecule has 0 aliphatic carbocycles. The number of nitrogens with two attached hydrogens (primary N) is 1. The van der Waals surface area contributed by atoms with Crippen molar-refractivity contribution in [1.29, 1.82) is 0 Å². The third-order valence-electron chi connectivity index (χ3n) is 2.52. The predicted molar refractivity (Wildman–Crippen MR) is 68.6 cm³/mol. The molecule has 2 aromatic rings. The maximum absolute atomic E-state index is 13.8. The largest absolute Gasteiger partial charge is 0.399 e. The highest BCUT2D eigenvalue weighted by Crippen LogP contribution is 2.16. The minimum absolute atomic E-state index is 0.369. The van der Waals surface area contributed by atoms with E-state index >= 15 is 0 Å². The van der Waals surface area contributed by atoms with Gasteiger partial charge in [0.15, 0.2) is 6.30 Å². The van der Waals surface area contributed by atoms with Crippen molar-refractivity contribution >= 4 is 11.6 Å². The Bertz CT molecular complexity index is 525. The Kier molecular flexibility index (Phi) is 3.57. The Morgan fingerprint density at radius 1 is 1.06 bits per heavy atom. The van der Waals surface area contributed by atoms with Crippen molar-refractivity contribution in [3.63, 3.8) is 0 Å². The van der Waals surface area contributed by atoms with Crippen LogP contribution in [0.15, 0.2) is 54.6 Å². The van der Waals surface area contributed by atoms with Gasteiger partial charge in [0.05, 0.1) is 0 Å². The van der Waals surface area contributed by atoms with E-state index in [0.717, 1.165) is 0 Å². The van der Waals surface area contributed by atoms with Crippen LogP contribution in [0.5, 0.6) is 0 Å². The SMILES string of the molecule is Nc1ccc(C(F)NC(=O)c2ccccc2)cc1. The number of hydrogen-bond donors (Lipinski definition) is 2. The number of rotatable bonds is 3. The maximum Gasteiger partial charge on any atom is 0.253 e. The van der Waals surface area contributed by atoms with Crippen molar-refractivity contribution in [1.82, 2.24) is 5.32 Å². The number of nitrogen functional groups attached to an aromatic ring is 1. The first kappa shape index (κ1) is 12.1. The summed E-state index contributed by atoms with van der Waals surface area (Å²) in [5, 5.41) is 2.29. The lowest BCUT2D eigenvalue weighted by molar-refractivity contribution is 0.0894. The number of carbonyl (C=O) groups is 1. The second kappa shape index (κ2) is 5.31. The van der Waals surface area contributed by atoms with Gasteiger partial charge in [0.25, 0.3) is 5.91 Å². The van der Waals surface area contributed by atoms with Crippen LogP contribution >= 0.6 is 0 Å². The van der Waals surface area contributed by atoms with Crippen LogP contribution < -0.4 is 11.1 Å². The molecular formula is C14H13FN2O. The fourth-order valence-corrected chi connectivity index (χ4v) is 1.54. The van der Waals surface area contributed by atoms with E-state index < -0.39 is 12.2 Å². The van der Waals surface area contributed by atoms with E-state index in [4.69, 9.17) is 5.73 Å². The molecule has 2 rings (SSSR count). The first-order valence-corrected chi connectivity index (χ1v) is 5.52. The summed E-state index contributed by atoms with van der Waals surface area (Å²) in [4.78, 5) is 11.7. The summed E-state index contributed by atoms with van der Waals surface area (Å²) in [6, 6.07) is 14.8. The Morgan fingerprint density at radius 2 is 1.67 bits per heavy atom. The number of carbonyl (C=O) groups excluding carboxylic acids is 1. The van der Waals surface area contributed by atoms with Gasteiger partial charge in [0.2, 0.25) is 0 Å². The van der Waals surface area contributed by atoms with Gasteiger partial charge in [0.1, 0.15) is 0 Å². The van der Waals surface area contributed by atoms with Crippen molar-refractivity contribution in [3.8, 4) is 0 Å². The molecule has 18 heavy (non-hydrogen) atoms. The summed E-state index contributed by atoms with van der Waals surface area (Å²) in [5.74, 6) is -0.445. The molecule has 3 nitrogen and oxygen atoms in total. The minimum Gasteiger partial charge on any atom is -0.399 e. The Labute approximate surface area is 104 Å². The molecule has 0 heterocycles. The van der Waals surface area contributed by atoms with Gasteiger partial charge >= 0.3 is 0 Å². The van der Waals surface area contributed by atoms with Crippen molar-refractivity contribution in [2.75, 3.05) is 5.73 Å². The fraction of sp³-hybridized carbons (Fsp3) is 0.0714. The average molecular weight is 244 g/mol. The number of nitrogens with one attached hydrogen (secondary N) is 1. The molecule has 1 atom stereocenters. The second-order valence-corrected chi connectivity index (χ2v) is 3.87. The predicted octanol–water partition coefficient (Wildman–Crippen LogP) is 2.67. The Hall–Kier alpha value is -2.36. The summed E-state index contributed by atoms with van der Waals surface area (Å²) >= 11 is 0. The van der Waals surface area contributed by atoms with E-state index in [2.05, 4.69) is 5.32 Å². The molecule has 2 aromatic carbocycles. The smallest absolute Gasteiger partial charge is 0.253 e. The van der Waals surface area contributed by atoms with Gasteiger partial charge < -0.3 is 11.1 Å². The number of amides is 1. The zero-order valence-electron chi connectivity index (χ0n) is 9.64. The highest BCUT2D eigenvalue weighted by atomic mass is 19.1. The van der Waals surface area contributed by atoms with Crippen LogP contribution in [-0.4, -0.2) is 5.91 Å². The summed E-state index contributed by atoms with van der Waals surface area (Å²) < 4.78 is 13.8. The molecular weight excluding hydrogens is 231 g/mol. The summed E-state index contributed by atoms with van der Waals surface area (Å²) in [5.41, 5.74) is 6.86. The van der Waals surface area contributed by atoms with Crippen molar-refractivity contribution < 1.29 is 9.18 Å². The monoisotopic (exact) mass is 244 g/mol. The van der Waals surface area contributed by atoms with E-state index in [0.29, 0.717) is 16.8 Å². The molecule has 0 aliphatic rings. The molecule has 4 heteroatoms. The molecule has 0 spiro atoms. The summed E-state index contributed by atoms with van der Waals surface area (Å²) in [6.45, 7) is 0. The van der Waals surface area contributed by atoms with Crippen LogP contribution in [0.4, 0.5) is 10.1 Å². The molecule has 0 saturated carbocycles. The summed E-state index contributed by atoms with van der Waals surface area (Å²) in [6.07, 6.45) is -1.54. The first-order valence-electron chi connectivity index (χ1n) is 5.52. The molecule has 0 aliphatic heterocycles. The number of benzene rings is 2. The van der Waals surface area contributed by atoms with E-state index in [1.165, 1.54) is 0 Å². The fourth-order valence-electron chi connectivity index (χ4n) is 1.54. The minimum atomic E-state index is -1.54. The van der Waals surface area contributed by atoms with E-state index in [1.54, 1.807) is 54.6 Å². The quantitative estimate of drug-likeness (QED) is 0.644. The molecule has 0 radical (unpaired) electrons.